The predicted octanol–water partition coefficient (Wildman–Crippen LogP) is 3.64. The number of H-pyrrole nitrogens is 1. The van der Waals surface area contributed by atoms with E-state index in [9.17, 15) is 0 Å². The molecular formula is C14H14ClN3OS. The third-order valence-electron chi connectivity index (χ3n) is 3.00. The number of halogens is 1. The molecule has 0 saturated heterocycles. The van der Waals surface area contributed by atoms with E-state index in [2.05, 4.69) is 15.3 Å². The molecule has 0 aliphatic heterocycles. The first-order chi connectivity index (χ1) is 9.83. The molecule has 0 bridgehead atoms. The zero-order valence-electron chi connectivity index (χ0n) is 10.7. The molecule has 1 unspecified atom stereocenters. The molecule has 0 amide bonds. The van der Waals surface area contributed by atoms with Crippen LogP contribution in [0.3, 0.4) is 0 Å². The van der Waals surface area contributed by atoms with Gasteiger partial charge in [0.25, 0.3) is 0 Å². The quantitative estimate of drug-likeness (QED) is 0.731. The normalized spacial score (nSPS) is 12.7. The highest BCUT2D eigenvalue weighted by Gasteiger charge is 2.18. The third kappa shape index (κ3) is 3.12. The number of rotatable bonds is 6. The smallest absolute Gasteiger partial charge is 0.126 e. The van der Waals surface area contributed by atoms with Crippen molar-refractivity contribution in [2.45, 2.75) is 12.5 Å². The topological polar surface area (TPSA) is 53.9 Å². The molecule has 0 aliphatic carbocycles. The molecular weight excluding hydrogens is 294 g/mol. The number of thiophene rings is 1. The summed E-state index contributed by atoms with van der Waals surface area (Å²) < 4.78 is 6.31. The van der Waals surface area contributed by atoms with Gasteiger partial charge in [0.15, 0.2) is 0 Å². The number of hydrogen-bond donors (Lipinski definition) is 2. The van der Waals surface area contributed by atoms with E-state index in [0.717, 1.165) is 33.6 Å². The van der Waals surface area contributed by atoms with Crippen LogP contribution >= 0.6 is 22.9 Å². The van der Waals surface area contributed by atoms with Crippen molar-refractivity contribution in [2.75, 3.05) is 6.54 Å². The molecule has 3 rings (SSSR count). The van der Waals surface area contributed by atoms with Gasteiger partial charge < -0.3 is 14.7 Å². The van der Waals surface area contributed by atoms with Gasteiger partial charge in [-0.3, -0.25) is 0 Å². The van der Waals surface area contributed by atoms with E-state index >= 15 is 0 Å². The zero-order valence-corrected chi connectivity index (χ0v) is 12.2. The number of hydrogen-bond acceptors (Lipinski definition) is 4. The third-order valence-corrected chi connectivity index (χ3v) is 4.30. The van der Waals surface area contributed by atoms with Crippen LogP contribution in [0, 0.1) is 0 Å². The van der Waals surface area contributed by atoms with Gasteiger partial charge in [0.1, 0.15) is 11.8 Å². The van der Waals surface area contributed by atoms with Gasteiger partial charge in [-0.25, -0.2) is 4.98 Å². The average molecular weight is 308 g/mol. The summed E-state index contributed by atoms with van der Waals surface area (Å²) in [6.07, 6.45) is 6.11. The molecule has 4 nitrogen and oxygen atoms in total. The van der Waals surface area contributed by atoms with Crippen LogP contribution in [0.2, 0.25) is 4.34 Å². The monoisotopic (exact) mass is 307 g/mol. The van der Waals surface area contributed by atoms with Crippen LogP contribution in [0.4, 0.5) is 0 Å². The molecule has 104 valence electrons. The van der Waals surface area contributed by atoms with Crippen molar-refractivity contribution in [3.8, 4) is 0 Å². The molecule has 2 N–H and O–H groups in total. The fourth-order valence-corrected chi connectivity index (χ4v) is 3.20. The molecule has 0 saturated carbocycles. The fourth-order valence-electron chi connectivity index (χ4n) is 2.05. The number of aromatic amines is 1. The molecule has 3 aromatic rings. The van der Waals surface area contributed by atoms with Crippen molar-refractivity contribution >= 4 is 22.9 Å². The molecule has 3 heterocycles. The molecule has 6 heteroatoms. The summed E-state index contributed by atoms with van der Waals surface area (Å²) in [6.45, 7) is 0.822. The summed E-state index contributed by atoms with van der Waals surface area (Å²) in [7, 11) is 0. The lowest BCUT2D eigenvalue weighted by Crippen LogP contribution is -2.23. The van der Waals surface area contributed by atoms with Gasteiger partial charge in [0.2, 0.25) is 0 Å². The van der Waals surface area contributed by atoms with Gasteiger partial charge in [0.05, 0.1) is 16.9 Å². The van der Waals surface area contributed by atoms with E-state index in [1.165, 1.54) is 0 Å². The molecule has 3 aromatic heterocycles. The molecule has 0 radical (unpaired) electrons. The van der Waals surface area contributed by atoms with Crippen LogP contribution < -0.4 is 5.32 Å². The Bertz CT molecular complexity index is 633. The summed E-state index contributed by atoms with van der Waals surface area (Å²) in [4.78, 5) is 8.26. The summed E-state index contributed by atoms with van der Waals surface area (Å²) in [6, 6.07) is 7.85. The highest BCUT2D eigenvalue weighted by Crippen LogP contribution is 2.31. The van der Waals surface area contributed by atoms with Crippen LogP contribution in [-0.2, 0) is 6.42 Å². The minimum absolute atomic E-state index is 0.0328. The number of nitrogens with one attached hydrogen (secondary N) is 2. The standard InChI is InChI=1S/C14H14ClN3OS/c15-13-4-3-12(20-13)14(11-2-1-7-19-11)17-6-5-10-8-16-9-18-10/h1-4,7-9,14,17H,5-6H2,(H,16,18). The Hall–Kier alpha value is -1.56. The van der Waals surface area contributed by atoms with Crippen molar-refractivity contribution < 1.29 is 4.42 Å². The van der Waals surface area contributed by atoms with Gasteiger partial charge >= 0.3 is 0 Å². The van der Waals surface area contributed by atoms with Crippen LogP contribution in [0.15, 0.2) is 47.5 Å². The van der Waals surface area contributed by atoms with Gasteiger partial charge in [0, 0.05) is 29.7 Å². The molecule has 20 heavy (non-hydrogen) atoms. The summed E-state index contributed by atoms with van der Waals surface area (Å²) in [5.74, 6) is 0.896. The second-order valence-electron chi connectivity index (χ2n) is 4.37. The largest absolute Gasteiger partial charge is 0.467 e. The van der Waals surface area contributed by atoms with Crippen molar-refractivity contribution in [3.05, 3.63) is 63.7 Å². The lowest BCUT2D eigenvalue weighted by molar-refractivity contribution is 0.450. The van der Waals surface area contributed by atoms with Gasteiger partial charge in [-0.05, 0) is 24.3 Å². The molecule has 0 aromatic carbocycles. The maximum Gasteiger partial charge on any atom is 0.126 e. The highest BCUT2D eigenvalue weighted by molar-refractivity contribution is 7.16. The molecule has 0 spiro atoms. The second-order valence-corrected chi connectivity index (χ2v) is 6.12. The van der Waals surface area contributed by atoms with Gasteiger partial charge in [-0.1, -0.05) is 11.6 Å². The van der Waals surface area contributed by atoms with Crippen LogP contribution in [0.25, 0.3) is 0 Å². The van der Waals surface area contributed by atoms with E-state index in [0.29, 0.717) is 0 Å². The summed E-state index contributed by atoms with van der Waals surface area (Å²) in [5.41, 5.74) is 1.11. The van der Waals surface area contributed by atoms with Crippen molar-refractivity contribution in [3.63, 3.8) is 0 Å². The molecule has 0 fully saturated rings. The van der Waals surface area contributed by atoms with Crippen molar-refractivity contribution in [1.29, 1.82) is 0 Å². The van der Waals surface area contributed by atoms with Gasteiger partial charge in [-0.15, -0.1) is 11.3 Å². The number of nitrogens with zero attached hydrogens (tertiary/aromatic N) is 1. The van der Waals surface area contributed by atoms with Crippen LogP contribution in [-0.4, -0.2) is 16.5 Å². The Morgan fingerprint density at radius 3 is 3.00 bits per heavy atom. The predicted molar refractivity (Wildman–Crippen MR) is 80.2 cm³/mol. The number of aromatic nitrogens is 2. The first-order valence-electron chi connectivity index (χ1n) is 6.32. The zero-order chi connectivity index (χ0) is 13.8. The minimum atomic E-state index is 0.0328. The van der Waals surface area contributed by atoms with E-state index in [1.54, 1.807) is 23.9 Å². The van der Waals surface area contributed by atoms with Crippen LogP contribution in [0.1, 0.15) is 22.4 Å². The van der Waals surface area contributed by atoms with Crippen molar-refractivity contribution in [1.82, 2.24) is 15.3 Å². The Morgan fingerprint density at radius 1 is 1.40 bits per heavy atom. The SMILES string of the molecule is Clc1ccc(C(NCCc2cnc[nH]2)c2ccco2)s1. The van der Waals surface area contributed by atoms with E-state index < -0.39 is 0 Å². The van der Waals surface area contributed by atoms with E-state index in [4.69, 9.17) is 16.0 Å². The summed E-state index contributed by atoms with van der Waals surface area (Å²) in [5, 5.41) is 3.50. The van der Waals surface area contributed by atoms with Crippen molar-refractivity contribution in [2.24, 2.45) is 0 Å². The Kier molecular flexibility index (Phi) is 4.20. The van der Waals surface area contributed by atoms with E-state index in [-0.39, 0.29) is 6.04 Å². The summed E-state index contributed by atoms with van der Waals surface area (Å²) >= 11 is 7.59. The molecule has 1 atom stereocenters. The van der Waals surface area contributed by atoms with Gasteiger partial charge in [-0.2, -0.15) is 0 Å². The lowest BCUT2D eigenvalue weighted by Gasteiger charge is -2.14. The maximum absolute atomic E-state index is 6.03. The lowest BCUT2D eigenvalue weighted by atomic mass is 10.2. The molecule has 0 aliphatic rings. The Balaban J connectivity index is 1.70. The highest BCUT2D eigenvalue weighted by atomic mass is 35.5. The minimum Gasteiger partial charge on any atom is -0.467 e. The second kappa shape index (κ2) is 6.26. The number of furan rings is 1. The van der Waals surface area contributed by atoms with Crippen LogP contribution in [0.5, 0.6) is 0 Å². The number of imidazole rings is 1. The Labute approximate surface area is 125 Å². The fraction of sp³-hybridized carbons (Fsp3) is 0.214. The Morgan fingerprint density at radius 2 is 2.35 bits per heavy atom. The average Bonchev–Trinajstić information content (AvgIpc) is 3.17. The first kappa shape index (κ1) is 13.4. The first-order valence-corrected chi connectivity index (χ1v) is 7.51. The van der Waals surface area contributed by atoms with E-state index in [1.807, 2.05) is 30.5 Å². The maximum atomic E-state index is 6.03.